The van der Waals surface area contributed by atoms with Crippen LogP contribution in [-0.2, 0) is 9.53 Å². The minimum atomic E-state index is -0.391. The second-order valence-electron chi connectivity index (χ2n) is 6.13. The van der Waals surface area contributed by atoms with Gasteiger partial charge in [0.2, 0.25) is 5.91 Å². The Kier molecular flexibility index (Phi) is 4.32. The van der Waals surface area contributed by atoms with Gasteiger partial charge in [0, 0.05) is 12.5 Å². The van der Waals surface area contributed by atoms with Gasteiger partial charge in [0.15, 0.2) is 0 Å². The minimum absolute atomic E-state index is 0.139. The first-order valence-corrected chi connectivity index (χ1v) is 7.23. The molecule has 19 heavy (non-hydrogen) atoms. The number of ether oxygens (including phenoxy) is 1. The first-order chi connectivity index (χ1) is 9.00. The topological polar surface area (TPSA) is 58.6 Å². The van der Waals surface area contributed by atoms with Crippen LogP contribution in [0.2, 0.25) is 0 Å². The van der Waals surface area contributed by atoms with Gasteiger partial charge in [-0.1, -0.05) is 19.3 Å². The lowest BCUT2D eigenvalue weighted by Crippen LogP contribution is -2.52. The van der Waals surface area contributed by atoms with E-state index in [9.17, 15) is 9.59 Å². The van der Waals surface area contributed by atoms with E-state index in [0.29, 0.717) is 19.7 Å². The van der Waals surface area contributed by atoms with Crippen LogP contribution in [0, 0.1) is 5.92 Å². The minimum Gasteiger partial charge on any atom is -0.448 e. The third-order valence-corrected chi connectivity index (χ3v) is 4.16. The van der Waals surface area contributed by atoms with Crippen molar-refractivity contribution >= 4 is 12.0 Å². The van der Waals surface area contributed by atoms with Crippen molar-refractivity contribution in [3.05, 3.63) is 0 Å². The molecule has 1 aliphatic heterocycles. The predicted octanol–water partition coefficient (Wildman–Crippen LogP) is 1.91. The van der Waals surface area contributed by atoms with Crippen LogP contribution in [0.15, 0.2) is 0 Å². The molecule has 1 N–H and O–H groups in total. The molecule has 0 spiro atoms. The van der Waals surface area contributed by atoms with E-state index in [1.165, 1.54) is 6.42 Å². The van der Waals surface area contributed by atoms with Gasteiger partial charge in [0.25, 0.3) is 0 Å². The number of nitrogens with zero attached hydrogens (tertiary/aromatic N) is 1. The first-order valence-electron chi connectivity index (χ1n) is 7.23. The largest absolute Gasteiger partial charge is 0.448 e. The summed E-state index contributed by atoms with van der Waals surface area (Å²) in [6.07, 6.45) is 5.27. The lowest BCUT2D eigenvalue weighted by molar-refractivity contribution is -0.126. The maximum absolute atomic E-state index is 12.1. The fourth-order valence-corrected chi connectivity index (χ4v) is 2.85. The van der Waals surface area contributed by atoms with Gasteiger partial charge in [-0.25, -0.2) is 4.79 Å². The standard InChI is InChI=1S/C14H24N2O3/c1-14(2,16-8-9-19-13(16)18)10-15-12(17)11-6-4-3-5-7-11/h11H,3-10H2,1-2H3,(H,15,17). The molecular formula is C14H24N2O3. The van der Waals surface area contributed by atoms with Gasteiger partial charge in [-0.3, -0.25) is 9.69 Å². The summed E-state index contributed by atoms with van der Waals surface area (Å²) >= 11 is 0. The van der Waals surface area contributed by atoms with E-state index in [1.54, 1.807) is 4.90 Å². The van der Waals surface area contributed by atoms with E-state index < -0.39 is 5.54 Å². The van der Waals surface area contributed by atoms with Gasteiger partial charge in [-0.05, 0) is 26.7 Å². The Morgan fingerprint density at radius 1 is 1.37 bits per heavy atom. The first kappa shape index (κ1) is 14.2. The van der Waals surface area contributed by atoms with E-state index in [2.05, 4.69) is 5.32 Å². The molecule has 0 radical (unpaired) electrons. The van der Waals surface area contributed by atoms with Gasteiger partial charge in [0.1, 0.15) is 6.61 Å². The van der Waals surface area contributed by atoms with E-state index >= 15 is 0 Å². The van der Waals surface area contributed by atoms with Gasteiger partial charge in [-0.2, -0.15) is 0 Å². The monoisotopic (exact) mass is 268 g/mol. The molecule has 2 rings (SSSR count). The van der Waals surface area contributed by atoms with Crippen LogP contribution in [-0.4, -0.2) is 42.1 Å². The van der Waals surface area contributed by atoms with Crippen LogP contribution < -0.4 is 5.32 Å². The van der Waals surface area contributed by atoms with Crippen molar-refractivity contribution in [2.24, 2.45) is 5.92 Å². The van der Waals surface area contributed by atoms with Crippen molar-refractivity contribution in [1.82, 2.24) is 10.2 Å². The highest BCUT2D eigenvalue weighted by Gasteiger charge is 2.36. The van der Waals surface area contributed by atoms with Gasteiger partial charge >= 0.3 is 6.09 Å². The van der Waals surface area contributed by atoms with Gasteiger partial charge < -0.3 is 10.1 Å². The van der Waals surface area contributed by atoms with Crippen LogP contribution in [0.4, 0.5) is 4.79 Å². The smallest absolute Gasteiger partial charge is 0.410 e. The Bertz CT molecular complexity index is 349. The van der Waals surface area contributed by atoms with E-state index in [-0.39, 0.29) is 17.9 Å². The molecule has 2 fully saturated rings. The summed E-state index contributed by atoms with van der Waals surface area (Å²) in [5, 5.41) is 3.00. The Balaban J connectivity index is 1.83. The summed E-state index contributed by atoms with van der Waals surface area (Å²) in [5.74, 6) is 0.301. The summed E-state index contributed by atoms with van der Waals surface area (Å²) < 4.78 is 4.95. The number of carbonyl (C=O) groups is 2. The zero-order chi connectivity index (χ0) is 13.9. The predicted molar refractivity (Wildman–Crippen MR) is 71.7 cm³/mol. The summed E-state index contributed by atoms with van der Waals surface area (Å²) in [6, 6.07) is 0. The Hall–Kier alpha value is -1.26. The Labute approximate surface area is 114 Å². The molecule has 5 heteroatoms. The second-order valence-corrected chi connectivity index (χ2v) is 6.13. The SMILES string of the molecule is CC(C)(CNC(=O)C1CCCCC1)N1CCOC1=O. The average molecular weight is 268 g/mol. The van der Waals surface area contributed by atoms with Crippen LogP contribution in [0.3, 0.4) is 0 Å². The average Bonchev–Trinajstić information content (AvgIpc) is 2.84. The molecule has 0 aromatic carbocycles. The number of carbonyl (C=O) groups excluding carboxylic acids is 2. The van der Waals surface area contributed by atoms with Crippen LogP contribution in [0.1, 0.15) is 46.0 Å². The van der Waals surface area contributed by atoms with Crippen LogP contribution in [0.5, 0.6) is 0 Å². The van der Waals surface area contributed by atoms with Crippen molar-refractivity contribution in [2.45, 2.75) is 51.5 Å². The number of hydrogen-bond acceptors (Lipinski definition) is 3. The molecule has 0 aromatic heterocycles. The number of nitrogens with one attached hydrogen (secondary N) is 1. The zero-order valence-electron chi connectivity index (χ0n) is 11.9. The van der Waals surface area contributed by atoms with Crippen molar-refractivity contribution in [3.63, 3.8) is 0 Å². The highest BCUT2D eigenvalue weighted by atomic mass is 16.6. The van der Waals surface area contributed by atoms with Gasteiger partial charge in [0.05, 0.1) is 12.1 Å². The fraction of sp³-hybridized carbons (Fsp3) is 0.857. The van der Waals surface area contributed by atoms with Crippen molar-refractivity contribution in [3.8, 4) is 0 Å². The maximum atomic E-state index is 12.1. The van der Waals surface area contributed by atoms with Crippen molar-refractivity contribution < 1.29 is 14.3 Å². The van der Waals surface area contributed by atoms with Gasteiger partial charge in [-0.15, -0.1) is 0 Å². The third-order valence-electron chi connectivity index (χ3n) is 4.16. The molecule has 108 valence electrons. The molecule has 1 aliphatic carbocycles. The number of amides is 2. The lowest BCUT2D eigenvalue weighted by Gasteiger charge is -2.34. The summed E-state index contributed by atoms with van der Waals surface area (Å²) in [7, 11) is 0. The zero-order valence-corrected chi connectivity index (χ0v) is 11.9. The highest BCUT2D eigenvalue weighted by Crippen LogP contribution is 2.24. The normalized spacial score (nSPS) is 21.4. The summed E-state index contributed by atoms with van der Waals surface area (Å²) in [4.78, 5) is 25.3. The third kappa shape index (κ3) is 3.39. The number of hydrogen-bond donors (Lipinski definition) is 1. The molecule has 2 aliphatic rings. The Morgan fingerprint density at radius 2 is 2.05 bits per heavy atom. The number of rotatable bonds is 4. The molecule has 1 saturated heterocycles. The van der Waals surface area contributed by atoms with E-state index in [1.807, 2.05) is 13.8 Å². The fourth-order valence-electron chi connectivity index (χ4n) is 2.85. The molecule has 1 saturated carbocycles. The van der Waals surface area contributed by atoms with Crippen LogP contribution >= 0.6 is 0 Å². The molecule has 2 amide bonds. The van der Waals surface area contributed by atoms with Crippen molar-refractivity contribution in [2.75, 3.05) is 19.7 Å². The van der Waals surface area contributed by atoms with Crippen molar-refractivity contribution in [1.29, 1.82) is 0 Å². The quantitative estimate of drug-likeness (QED) is 0.847. The lowest BCUT2D eigenvalue weighted by atomic mass is 9.88. The second kappa shape index (κ2) is 5.80. The molecule has 0 bridgehead atoms. The molecule has 1 heterocycles. The van der Waals surface area contributed by atoms with E-state index in [0.717, 1.165) is 25.7 Å². The van der Waals surface area contributed by atoms with Crippen LogP contribution in [0.25, 0.3) is 0 Å². The number of cyclic esters (lactones) is 1. The summed E-state index contributed by atoms with van der Waals surface area (Å²) in [5.41, 5.74) is -0.391. The molecule has 0 unspecified atom stereocenters. The molecule has 0 aromatic rings. The molecular weight excluding hydrogens is 244 g/mol. The highest BCUT2D eigenvalue weighted by molar-refractivity contribution is 5.79. The molecule has 5 nitrogen and oxygen atoms in total. The maximum Gasteiger partial charge on any atom is 0.410 e. The molecule has 0 atom stereocenters. The summed E-state index contributed by atoms with van der Waals surface area (Å²) in [6.45, 7) is 5.45. The van der Waals surface area contributed by atoms with E-state index in [4.69, 9.17) is 4.74 Å². The Morgan fingerprint density at radius 3 is 2.63 bits per heavy atom.